The van der Waals surface area contributed by atoms with Crippen LogP contribution in [0, 0.1) is 0 Å². The molecule has 0 amide bonds. The molecule has 0 aliphatic carbocycles. The molecule has 114 valence electrons. The minimum absolute atomic E-state index is 0.0951. The fraction of sp³-hybridized carbons (Fsp3) is 0.625. The van der Waals surface area contributed by atoms with Gasteiger partial charge < -0.3 is 19.9 Å². The zero-order valence-corrected chi connectivity index (χ0v) is 13.0. The van der Waals surface area contributed by atoms with Crippen molar-refractivity contribution in [3.63, 3.8) is 0 Å². The SMILES string of the molecule is CCOc1ccc(OCCC(C)(CO)NC(C)C)cc1. The van der Waals surface area contributed by atoms with Crippen molar-refractivity contribution < 1.29 is 14.6 Å². The molecular formula is C16H27NO3. The lowest BCUT2D eigenvalue weighted by atomic mass is 9.98. The van der Waals surface area contributed by atoms with E-state index in [4.69, 9.17) is 9.47 Å². The summed E-state index contributed by atoms with van der Waals surface area (Å²) in [5.74, 6) is 1.67. The minimum Gasteiger partial charge on any atom is -0.494 e. The van der Waals surface area contributed by atoms with E-state index in [1.54, 1.807) is 0 Å². The maximum atomic E-state index is 9.49. The number of aliphatic hydroxyl groups excluding tert-OH is 1. The Hall–Kier alpha value is -1.26. The standard InChI is InChI=1S/C16H27NO3/c1-5-19-14-6-8-15(9-7-14)20-11-10-16(4,12-18)17-13(2)3/h6-9,13,17-18H,5,10-12H2,1-4H3. The van der Waals surface area contributed by atoms with Gasteiger partial charge >= 0.3 is 0 Å². The molecule has 4 nitrogen and oxygen atoms in total. The number of benzene rings is 1. The van der Waals surface area contributed by atoms with Gasteiger partial charge in [0.05, 0.1) is 19.8 Å². The van der Waals surface area contributed by atoms with Crippen LogP contribution in [0.5, 0.6) is 11.5 Å². The molecule has 0 spiro atoms. The van der Waals surface area contributed by atoms with Gasteiger partial charge in [-0.05, 0) is 38.1 Å². The van der Waals surface area contributed by atoms with Gasteiger partial charge in [-0.3, -0.25) is 0 Å². The topological polar surface area (TPSA) is 50.7 Å². The summed E-state index contributed by atoms with van der Waals surface area (Å²) in [5, 5.41) is 12.9. The number of rotatable bonds is 9. The Balaban J connectivity index is 2.42. The highest BCUT2D eigenvalue weighted by molar-refractivity contribution is 5.31. The van der Waals surface area contributed by atoms with E-state index in [9.17, 15) is 5.11 Å². The zero-order chi connectivity index (χ0) is 15.0. The van der Waals surface area contributed by atoms with Crippen LogP contribution >= 0.6 is 0 Å². The normalized spacial score (nSPS) is 14.1. The Morgan fingerprint density at radius 1 is 1.15 bits per heavy atom. The summed E-state index contributed by atoms with van der Waals surface area (Å²) in [6.45, 7) is 9.43. The highest BCUT2D eigenvalue weighted by atomic mass is 16.5. The molecule has 4 heteroatoms. The van der Waals surface area contributed by atoms with E-state index in [1.807, 2.05) is 38.1 Å². The summed E-state index contributed by atoms with van der Waals surface area (Å²) in [6.07, 6.45) is 0.745. The Labute approximate surface area is 122 Å². The maximum absolute atomic E-state index is 9.49. The molecule has 2 N–H and O–H groups in total. The third kappa shape index (κ3) is 5.80. The Bertz CT molecular complexity index is 378. The van der Waals surface area contributed by atoms with Crippen molar-refractivity contribution in [1.29, 1.82) is 0 Å². The summed E-state index contributed by atoms with van der Waals surface area (Å²) in [5.41, 5.74) is -0.306. The average Bonchev–Trinajstić information content (AvgIpc) is 2.40. The first-order chi connectivity index (χ1) is 9.49. The van der Waals surface area contributed by atoms with E-state index in [2.05, 4.69) is 19.2 Å². The first-order valence-corrected chi connectivity index (χ1v) is 7.23. The average molecular weight is 281 g/mol. The summed E-state index contributed by atoms with van der Waals surface area (Å²) < 4.78 is 11.1. The molecular weight excluding hydrogens is 254 g/mol. The highest BCUT2D eigenvalue weighted by Crippen LogP contribution is 2.18. The molecule has 1 atom stereocenters. The fourth-order valence-electron chi connectivity index (χ4n) is 2.09. The first kappa shape index (κ1) is 16.8. The molecule has 0 saturated carbocycles. The molecule has 1 unspecified atom stereocenters. The lowest BCUT2D eigenvalue weighted by Gasteiger charge is -2.31. The van der Waals surface area contributed by atoms with Crippen LogP contribution in [0.2, 0.25) is 0 Å². The van der Waals surface area contributed by atoms with Gasteiger partial charge in [0, 0.05) is 18.0 Å². The van der Waals surface area contributed by atoms with E-state index >= 15 is 0 Å². The van der Waals surface area contributed by atoms with Crippen LogP contribution in [-0.4, -0.2) is 36.5 Å². The van der Waals surface area contributed by atoms with Gasteiger partial charge in [-0.25, -0.2) is 0 Å². The molecule has 0 saturated heterocycles. The zero-order valence-electron chi connectivity index (χ0n) is 13.0. The summed E-state index contributed by atoms with van der Waals surface area (Å²) in [7, 11) is 0. The largest absolute Gasteiger partial charge is 0.494 e. The van der Waals surface area contributed by atoms with Crippen molar-refractivity contribution in [2.45, 2.75) is 45.7 Å². The first-order valence-electron chi connectivity index (χ1n) is 7.23. The van der Waals surface area contributed by atoms with Gasteiger partial charge in [0.25, 0.3) is 0 Å². The molecule has 1 rings (SSSR count). The van der Waals surface area contributed by atoms with Gasteiger partial charge in [-0.15, -0.1) is 0 Å². The van der Waals surface area contributed by atoms with Crippen molar-refractivity contribution >= 4 is 0 Å². The second-order valence-corrected chi connectivity index (χ2v) is 5.52. The Morgan fingerprint density at radius 3 is 2.15 bits per heavy atom. The van der Waals surface area contributed by atoms with Crippen LogP contribution in [0.1, 0.15) is 34.1 Å². The smallest absolute Gasteiger partial charge is 0.119 e. The van der Waals surface area contributed by atoms with Gasteiger partial charge in [-0.2, -0.15) is 0 Å². The van der Waals surface area contributed by atoms with Crippen molar-refractivity contribution in [3.05, 3.63) is 24.3 Å². The van der Waals surface area contributed by atoms with Crippen LogP contribution in [0.15, 0.2) is 24.3 Å². The van der Waals surface area contributed by atoms with E-state index in [0.29, 0.717) is 19.3 Å². The lowest BCUT2D eigenvalue weighted by molar-refractivity contribution is 0.136. The van der Waals surface area contributed by atoms with Gasteiger partial charge in [0.15, 0.2) is 0 Å². The molecule has 0 aliphatic rings. The van der Waals surface area contributed by atoms with Gasteiger partial charge in [-0.1, -0.05) is 13.8 Å². The number of ether oxygens (including phenoxy) is 2. The number of nitrogens with one attached hydrogen (secondary N) is 1. The van der Waals surface area contributed by atoms with E-state index in [1.165, 1.54) is 0 Å². The predicted molar refractivity (Wildman–Crippen MR) is 81.5 cm³/mol. The van der Waals surface area contributed by atoms with Crippen LogP contribution in [0.4, 0.5) is 0 Å². The van der Waals surface area contributed by atoms with Crippen molar-refractivity contribution in [1.82, 2.24) is 5.32 Å². The van der Waals surface area contributed by atoms with E-state index in [-0.39, 0.29) is 12.1 Å². The molecule has 20 heavy (non-hydrogen) atoms. The quantitative estimate of drug-likeness (QED) is 0.730. The third-order valence-corrected chi connectivity index (χ3v) is 3.04. The molecule has 0 bridgehead atoms. The summed E-state index contributed by atoms with van der Waals surface area (Å²) >= 11 is 0. The minimum atomic E-state index is -0.306. The number of hydrogen-bond donors (Lipinski definition) is 2. The van der Waals surface area contributed by atoms with Gasteiger partial charge in [0.2, 0.25) is 0 Å². The van der Waals surface area contributed by atoms with Crippen LogP contribution in [0.3, 0.4) is 0 Å². The second-order valence-electron chi connectivity index (χ2n) is 5.52. The van der Waals surface area contributed by atoms with Crippen LogP contribution < -0.4 is 14.8 Å². The fourth-order valence-corrected chi connectivity index (χ4v) is 2.09. The molecule has 0 heterocycles. The predicted octanol–water partition coefficient (Wildman–Crippen LogP) is 2.60. The summed E-state index contributed by atoms with van der Waals surface area (Å²) in [4.78, 5) is 0. The maximum Gasteiger partial charge on any atom is 0.119 e. The summed E-state index contributed by atoms with van der Waals surface area (Å²) in [6, 6.07) is 7.93. The van der Waals surface area contributed by atoms with Crippen LogP contribution in [0.25, 0.3) is 0 Å². The molecule has 0 fully saturated rings. The van der Waals surface area contributed by atoms with E-state index in [0.717, 1.165) is 17.9 Å². The van der Waals surface area contributed by atoms with E-state index < -0.39 is 0 Å². The Morgan fingerprint density at radius 2 is 1.70 bits per heavy atom. The highest BCUT2D eigenvalue weighted by Gasteiger charge is 2.23. The van der Waals surface area contributed by atoms with Gasteiger partial charge in [0.1, 0.15) is 11.5 Å². The molecule has 0 radical (unpaired) electrons. The van der Waals surface area contributed by atoms with Crippen molar-refractivity contribution in [2.24, 2.45) is 0 Å². The van der Waals surface area contributed by atoms with Crippen LogP contribution in [-0.2, 0) is 0 Å². The number of hydrogen-bond acceptors (Lipinski definition) is 4. The van der Waals surface area contributed by atoms with Crippen molar-refractivity contribution in [3.8, 4) is 11.5 Å². The Kier molecular flexibility index (Phi) is 6.82. The van der Waals surface area contributed by atoms with Crippen molar-refractivity contribution in [2.75, 3.05) is 19.8 Å². The molecule has 1 aromatic carbocycles. The monoisotopic (exact) mass is 281 g/mol. The molecule has 0 aromatic heterocycles. The lowest BCUT2D eigenvalue weighted by Crippen LogP contribution is -2.49. The molecule has 0 aliphatic heterocycles. The number of aliphatic hydroxyl groups is 1. The molecule has 1 aromatic rings. The third-order valence-electron chi connectivity index (χ3n) is 3.04. The second kappa shape index (κ2) is 8.12.